The molecule has 0 aliphatic carbocycles. The van der Waals surface area contributed by atoms with Crippen LogP contribution in [0.5, 0.6) is 11.5 Å². The van der Waals surface area contributed by atoms with Gasteiger partial charge in [-0.15, -0.1) is 0 Å². The van der Waals surface area contributed by atoms with Gasteiger partial charge >= 0.3 is 0 Å². The molecule has 1 heterocycles. The van der Waals surface area contributed by atoms with Gasteiger partial charge in [0.2, 0.25) is 0 Å². The summed E-state index contributed by atoms with van der Waals surface area (Å²) in [5.41, 5.74) is 3.93. The minimum atomic E-state index is 0.584. The Kier molecular flexibility index (Phi) is 3.88. The van der Waals surface area contributed by atoms with E-state index in [0.29, 0.717) is 6.61 Å². The van der Waals surface area contributed by atoms with E-state index in [1.54, 1.807) is 7.11 Å². The molecule has 104 valence electrons. The molecule has 1 aliphatic rings. The van der Waals surface area contributed by atoms with Crippen LogP contribution in [0.2, 0.25) is 0 Å². The minimum absolute atomic E-state index is 0.584. The predicted molar refractivity (Wildman–Crippen MR) is 79.2 cm³/mol. The first-order chi connectivity index (χ1) is 9.85. The van der Waals surface area contributed by atoms with E-state index in [-0.39, 0.29) is 0 Å². The molecule has 2 aromatic carbocycles. The van der Waals surface area contributed by atoms with Crippen LogP contribution in [0.3, 0.4) is 0 Å². The van der Waals surface area contributed by atoms with Crippen LogP contribution in [0.25, 0.3) is 0 Å². The van der Waals surface area contributed by atoms with E-state index in [9.17, 15) is 0 Å². The molecule has 0 radical (unpaired) electrons. The second kappa shape index (κ2) is 5.97. The monoisotopic (exact) mass is 269 g/mol. The van der Waals surface area contributed by atoms with Crippen molar-refractivity contribution in [3.05, 3.63) is 59.2 Å². The van der Waals surface area contributed by atoms with E-state index in [4.69, 9.17) is 9.47 Å². The number of hydrogen-bond donors (Lipinski definition) is 1. The summed E-state index contributed by atoms with van der Waals surface area (Å²) in [6, 6.07) is 14.3. The molecule has 0 amide bonds. The van der Waals surface area contributed by atoms with Gasteiger partial charge in [-0.05, 0) is 53.9 Å². The maximum atomic E-state index is 5.87. The third-order valence-corrected chi connectivity index (χ3v) is 3.63. The zero-order chi connectivity index (χ0) is 13.8. The molecule has 0 atom stereocenters. The molecule has 3 heteroatoms. The van der Waals surface area contributed by atoms with Crippen LogP contribution in [0.15, 0.2) is 42.5 Å². The maximum absolute atomic E-state index is 5.87. The molecular weight excluding hydrogens is 250 g/mol. The SMILES string of the molecule is COc1ccc(COc2ccc3c(c2)CCNC3)cc1. The average molecular weight is 269 g/mol. The molecule has 0 bridgehead atoms. The van der Waals surface area contributed by atoms with Gasteiger partial charge in [0.05, 0.1) is 7.11 Å². The van der Waals surface area contributed by atoms with E-state index in [1.807, 2.05) is 24.3 Å². The van der Waals surface area contributed by atoms with Crippen molar-refractivity contribution in [3.63, 3.8) is 0 Å². The molecule has 1 aliphatic heterocycles. The number of nitrogens with one attached hydrogen (secondary N) is 1. The van der Waals surface area contributed by atoms with Crippen molar-refractivity contribution in [3.8, 4) is 11.5 Å². The molecule has 2 aromatic rings. The van der Waals surface area contributed by atoms with Crippen molar-refractivity contribution in [2.24, 2.45) is 0 Å². The number of methoxy groups -OCH3 is 1. The topological polar surface area (TPSA) is 30.5 Å². The Hall–Kier alpha value is -2.00. The Morgan fingerprint density at radius 2 is 1.80 bits per heavy atom. The Bertz CT molecular complexity index is 578. The van der Waals surface area contributed by atoms with E-state index < -0.39 is 0 Å². The maximum Gasteiger partial charge on any atom is 0.120 e. The predicted octanol–water partition coefficient (Wildman–Crippen LogP) is 2.92. The molecule has 0 unspecified atom stereocenters. The van der Waals surface area contributed by atoms with Crippen molar-refractivity contribution in [1.82, 2.24) is 5.32 Å². The minimum Gasteiger partial charge on any atom is -0.497 e. The van der Waals surface area contributed by atoms with Crippen molar-refractivity contribution in [2.45, 2.75) is 19.6 Å². The van der Waals surface area contributed by atoms with Crippen LogP contribution in [-0.2, 0) is 19.6 Å². The second-order valence-corrected chi connectivity index (χ2v) is 4.99. The van der Waals surface area contributed by atoms with Gasteiger partial charge < -0.3 is 14.8 Å². The number of benzene rings is 2. The molecule has 0 fully saturated rings. The highest BCUT2D eigenvalue weighted by atomic mass is 16.5. The molecular formula is C17H19NO2. The summed E-state index contributed by atoms with van der Waals surface area (Å²) in [6.07, 6.45) is 1.08. The Balaban J connectivity index is 1.65. The van der Waals surface area contributed by atoms with Crippen LogP contribution >= 0.6 is 0 Å². The first-order valence-corrected chi connectivity index (χ1v) is 6.93. The molecule has 0 aromatic heterocycles. The number of ether oxygens (including phenoxy) is 2. The van der Waals surface area contributed by atoms with E-state index in [1.165, 1.54) is 11.1 Å². The van der Waals surface area contributed by atoms with Crippen LogP contribution < -0.4 is 14.8 Å². The van der Waals surface area contributed by atoms with E-state index in [2.05, 4.69) is 23.5 Å². The third-order valence-electron chi connectivity index (χ3n) is 3.63. The summed E-state index contributed by atoms with van der Waals surface area (Å²) in [5.74, 6) is 1.82. The zero-order valence-electron chi connectivity index (χ0n) is 11.7. The number of rotatable bonds is 4. The first kappa shape index (κ1) is 13.0. The van der Waals surface area contributed by atoms with Crippen LogP contribution in [0, 0.1) is 0 Å². The molecule has 3 rings (SSSR count). The fourth-order valence-electron chi connectivity index (χ4n) is 2.43. The fourth-order valence-corrected chi connectivity index (χ4v) is 2.43. The van der Waals surface area contributed by atoms with E-state index in [0.717, 1.165) is 36.6 Å². The molecule has 1 N–H and O–H groups in total. The van der Waals surface area contributed by atoms with Gasteiger partial charge in [0, 0.05) is 6.54 Å². The molecule has 3 nitrogen and oxygen atoms in total. The lowest BCUT2D eigenvalue weighted by Gasteiger charge is -2.18. The lowest BCUT2D eigenvalue weighted by molar-refractivity contribution is 0.305. The average Bonchev–Trinajstić information content (AvgIpc) is 2.53. The smallest absolute Gasteiger partial charge is 0.120 e. The lowest BCUT2D eigenvalue weighted by atomic mass is 10.0. The summed E-state index contributed by atoms with van der Waals surface area (Å²) >= 11 is 0. The van der Waals surface area contributed by atoms with Crippen LogP contribution in [0.4, 0.5) is 0 Å². The summed E-state index contributed by atoms with van der Waals surface area (Å²) < 4.78 is 11.0. The molecule has 0 spiro atoms. The number of hydrogen-bond acceptors (Lipinski definition) is 3. The summed E-state index contributed by atoms with van der Waals surface area (Å²) in [4.78, 5) is 0. The van der Waals surface area contributed by atoms with Gasteiger partial charge in [-0.25, -0.2) is 0 Å². The Morgan fingerprint density at radius 1 is 1.00 bits per heavy atom. The third kappa shape index (κ3) is 2.94. The lowest BCUT2D eigenvalue weighted by Crippen LogP contribution is -2.23. The van der Waals surface area contributed by atoms with Crippen LogP contribution in [-0.4, -0.2) is 13.7 Å². The van der Waals surface area contributed by atoms with Gasteiger partial charge in [0.15, 0.2) is 0 Å². The quantitative estimate of drug-likeness (QED) is 0.925. The zero-order valence-corrected chi connectivity index (χ0v) is 11.7. The summed E-state index contributed by atoms with van der Waals surface area (Å²) in [7, 11) is 1.67. The molecule has 20 heavy (non-hydrogen) atoms. The van der Waals surface area contributed by atoms with Crippen LogP contribution in [0.1, 0.15) is 16.7 Å². The van der Waals surface area contributed by atoms with Crippen molar-refractivity contribution >= 4 is 0 Å². The largest absolute Gasteiger partial charge is 0.497 e. The fraction of sp³-hybridized carbons (Fsp3) is 0.294. The molecule has 0 saturated heterocycles. The Labute approximate surface area is 119 Å². The summed E-state index contributed by atoms with van der Waals surface area (Å²) in [5, 5.41) is 3.38. The summed E-state index contributed by atoms with van der Waals surface area (Å²) in [6.45, 7) is 2.60. The van der Waals surface area contributed by atoms with Gasteiger partial charge in [-0.1, -0.05) is 18.2 Å². The van der Waals surface area contributed by atoms with Crippen molar-refractivity contribution in [2.75, 3.05) is 13.7 Å². The highest BCUT2D eigenvalue weighted by molar-refractivity contribution is 5.37. The molecule has 0 saturated carbocycles. The van der Waals surface area contributed by atoms with Gasteiger partial charge in [-0.3, -0.25) is 0 Å². The van der Waals surface area contributed by atoms with Gasteiger partial charge in [-0.2, -0.15) is 0 Å². The highest BCUT2D eigenvalue weighted by Gasteiger charge is 2.09. The number of fused-ring (bicyclic) bond motifs is 1. The second-order valence-electron chi connectivity index (χ2n) is 4.99. The van der Waals surface area contributed by atoms with Gasteiger partial charge in [0.25, 0.3) is 0 Å². The van der Waals surface area contributed by atoms with Gasteiger partial charge in [0.1, 0.15) is 18.1 Å². The Morgan fingerprint density at radius 3 is 2.60 bits per heavy atom. The standard InChI is InChI=1S/C17H19NO2/c1-19-16-5-2-13(3-6-16)12-20-17-7-4-15-11-18-9-8-14(15)10-17/h2-7,10,18H,8-9,11-12H2,1H3. The highest BCUT2D eigenvalue weighted by Crippen LogP contribution is 2.22. The van der Waals surface area contributed by atoms with E-state index >= 15 is 0 Å². The van der Waals surface area contributed by atoms with Crippen molar-refractivity contribution < 1.29 is 9.47 Å². The normalized spacial score (nSPS) is 13.7. The first-order valence-electron chi connectivity index (χ1n) is 6.93. The van der Waals surface area contributed by atoms with Crippen molar-refractivity contribution in [1.29, 1.82) is 0 Å².